The highest BCUT2D eigenvalue weighted by Gasteiger charge is 2.49. The second-order valence-electron chi connectivity index (χ2n) is 5.28. The van der Waals surface area contributed by atoms with Crippen molar-refractivity contribution >= 4 is 5.84 Å². The van der Waals surface area contributed by atoms with Gasteiger partial charge in [-0.25, -0.2) is 4.99 Å². The summed E-state index contributed by atoms with van der Waals surface area (Å²) in [4.78, 5) is 4.83. The summed E-state index contributed by atoms with van der Waals surface area (Å²) in [7, 11) is 4.36. The van der Waals surface area contributed by atoms with Crippen LogP contribution in [0.1, 0.15) is 0 Å². The Hall–Kier alpha value is -1.62. The maximum Gasteiger partial charge on any atom is 0.421 e. The fourth-order valence-corrected chi connectivity index (χ4v) is 2.74. The molecule has 10 heteroatoms. The molecule has 0 aromatic carbocycles. The van der Waals surface area contributed by atoms with E-state index in [0.29, 0.717) is 0 Å². The van der Waals surface area contributed by atoms with Crippen molar-refractivity contribution in [3.05, 3.63) is 24.2 Å². The number of aliphatic imine (C=N–C) groups is 1. The molecule has 2 rings (SSSR count). The maximum atomic E-state index is 13.1. The summed E-state index contributed by atoms with van der Waals surface area (Å²) < 4.78 is 60.9. The van der Waals surface area contributed by atoms with Crippen LogP contribution in [0, 0.1) is 0 Å². The van der Waals surface area contributed by atoms with Crippen molar-refractivity contribution in [3.63, 3.8) is 0 Å². The van der Waals surface area contributed by atoms with Gasteiger partial charge in [0.05, 0.1) is 6.61 Å². The van der Waals surface area contributed by atoms with Crippen molar-refractivity contribution in [3.8, 4) is 0 Å². The number of nitrogens with two attached hydrogens (primary N) is 1. The van der Waals surface area contributed by atoms with E-state index in [1.165, 1.54) is 21.3 Å². The SMILES string of the molecule is C=C1N=C(N)C(C(F)(F)F)=CN1[C@@H]1O[C@H](COC)C(OC)C1OC. The minimum absolute atomic E-state index is 0.0143. The average molecular weight is 351 g/mol. The highest BCUT2D eigenvalue weighted by molar-refractivity contribution is 5.99. The van der Waals surface area contributed by atoms with E-state index in [9.17, 15) is 13.2 Å². The maximum absolute atomic E-state index is 13.1. The molecule has 1 fully saturated rings. The smallest absolute Gasteiger partial charge is 0.383 e. The Labute approximate surface area is 137 Å². The summed E-state index contributed by atoms with van der Waals surface area (Å²) in [5.74, 6) is -0.632. The van der Waals surface area contributed by atoms with Gasteiger partial charge >= 0.3 is 6.18 Å². The highest BCUT2D eigenvalue weighted by Crippen LogP contribution is 2.35. The van der Waals surface area contributed by atoms with Crippen LogP contribution in [-0.4, -0.2) is 69.4 Å². The summed E-state index contributed by atoms with van der Waals surface area (Å²) in [6.07, 6.45) is -6.47. The van der Waals surface area contributed by atoms with Gasteiger partial charge in [0.1, 0.15) is 35.5 Å². The largest absolute Gasteiger partial charge is 0.421 e. The molecule has 0 radical (unpaired) electrons. The highest BCUT2D eigenvalue weighted by atomic mass is 19.4. The first-order chi connectivity index (χ1) is 11.2. The number of hydrogen-bond donors (Lipinski definition) is 1. The summed E-state index contributed by atoms with van der Waals surface area (Å²) in [6, 6.07) is 0. The molecule has 0 spiro atoms. The van der Waals surface area contributed by atoms with Gasteiger partial charge in [0.25, 0.3) is 0 Å². The minimum Gasteiger partial charge on any atom is -0.383 e. The second kappa shape index (κ2) is 7.09. The molecule has 0 aromatic heterocycles. The van der Waals surface area contributed by atoms with Gasteiger partial charge in [-0.2, -0.15) is 13.2 Å². The molecular formula is C14H20F3N3O4. The van der Waals surface area contributed by atoms with E-state index in [0.717, 1.165) is 11.1 Å². The third-order valence-corrected chi connectivity index (χ3v) is 3.83. The molecule has 7 nitrogen and oxygen atoms in total. The standard InChI is InChI=1S/C14H20F3N3O4/c1-7-19-12(18)8(14(15,16)17)5-20(7)13-11(23-4)10(22-3)9(24-13)6-21-2/h5,9-11,13H,1,6H2,2-4H3,(H2,18,19)/t9-,10?,11?,13-/m1/s1. The zero-order valence-corrected chi connectivity index (χ0v) is 13.5. The zero-order chi connectivity index (χ0) is 18.1. The average Bonchev–Trinajstić information content (AvgIpc) is 2.83. The van der Waals surface area contributed by atoms with Crippen molar-refractivity contribution in [2.75, 3.05) is 27.9 Å². The number of alkyl halides is 3. The van der Waals surface area contributed by atoms with Crippen molar-refractivity contribution in [2.24, 2.45) is 10.7 Å². The lowest BCUT2D eigenvalue weighted by Gasteiger charge is -2.33. The number of amidine groups is 1. The van der Waals surface area contributed by atoms with Gasteiger partial charge in [0.2, 0.25) is 0 Å². The van der Waals surface area contributed by atoms with Crippen molar-refractivity contribution in [2.45, 2.75) is 30.7 Å². The second-order valence-corrected chi connectivity index (χ2v) is 5.28. The Morgan fingerprint density at radius 1 is 1.29 bits per heavy atom. The van der Waals surface area contributed by atoms with Gasteiger partial charge in [0, 0.05) is 27.5 Å². The zero-order valence-electron chi connectivity index (χ0n) is 13.5. The number of methoxy groups -OCH3 is 3. The Morgan fingerprint density at radius 3 is 2.42 bits per heavy atom. The molecule has 2 heterocycles. The van der Waals surface area contributed by atoms with Crippen LogP contribution in [0.3, 0.4) is 0 Å². The van der Waals surface area contributed by atoms with Crippen LogP contribution in [0.2, 0.25) is 0 Å². The molecule has 1 saturated heterocycles. The van der Waals surface area contributed by atoms with E-state index >= 15 is 0 Å². The van der Waals surface area contributed by atoms with E-state index in [2.05, 4.69) is 11.6 Å². The van der Waals surface area contributed by atoms with Crippen LogP contribution in [0.25, 0.3) is 0 Å². The van der Waals surface area contributed by atoms with E-state index < -0.39 is 42.1 Å². The summed E-state index contributed by atoms with van der Waals surface area (Å²) in [5.41, 5.74) is 4.30. The first-order valence-corrected chi connectivity index (χ1v) is 7.05. The number of rotatable bonds is 5. The van der Waals surface area contributed by atoms with Crippen molar-refractivity contribution in [1.82, 2.24) is 4.90 Å². The number of nitrogens with zero attached hydrogens (tertiary/aromatic N) is 2. The normalized spacial score (nSPS) is 31.2. The first kappa shape index (κ1) is 18.7. The van der Waals surface area contributed by atoms with Gasteiger partial charge in [-0.3, -0.25) is 0 Å². The van der Waals surface area contributed by atoms with Crippen molar-refractivity contribution in [1.29, 1.82) is 0 Å². The van der Waals surface area contributed by atoms with Crippen LogP contribution in [0.4, 0.5) is 13.2 Å². The molecule has 2 unspecified atom stereocenters. The van der Waals surface area contributed by atoms with Crippen LogP contribution in [-0.2, 0) is 18.9 Å². The molecule has 2 N–H and O–H groups in total. The van der Waals surface area contributed by atoms with Crippen LogP contribution in [0.5, 0.6) is 0 Å². The third kappa shape index (κ3) is 3.41. The fourth-order valence-electron chi connectivity index (χ4n) is 2.74. The van der Waals surface area contributed by atoms with E-state index in [1.54, 1.807) is 0 Å². The Morgan fingerprint density at radius 2 is 1.92 bits per heavy atom. The lowest BCUT2D eigenvalue weighted by molar-refractivity contribution is -0.0958. The molecule has 2 aliphatic rings. The van der Waals surface area contributed by atoms with Crippen molar-refractivity contribution < 1.29 is 32.1 Å². The number of ether oxygens (including phenoxy) is 4. The topological polar surface area (TPSA) is 78.5 Å². The molecule has 4 atom stereocenters. The van der Waals surface area contributed by atoms with E-state index in [4.69, 9.17) is 24.7 Å². The molecule has 0 saturated carbocycles. The molecule has 136 valence electrons. The lowest BCUT2D eigenvalue weighted by Crippen LogP contribution is -2.45. The predicted molar refractivity (Wildman–Crippen MR) is 78.9 cm³/mol. The Balaban J connectivity index is 2.35. The van der Waals surface area contributed by atoms with Gasteiger partial charge in [-0.15, -0.1) is 0 Å². The van der Waals surface area contributed by atoms with Crippen LogP contribution >= 0.6 is 0 Å². The van der Waals surface area contributed by atoms with Crippen LogP contribution in [0.15, 0.2) is 29.2 Å². The van der Waals surface area contributed by atoms with Gasteiger partial charge in [0.15, 0.2) is 6.23 Å². The van der Waals surface area contributed by atoms with Gasteiger partial charge in [-0.1, -0.05) is 6.58 Å². The fraction of sp³-hybridized carbons (Fsp3) is 0.643. The van der Waals surface area contributed by atoms with E-state index in [-0.39, 0.29) is 12.4 Å². The minimum atomic E-state index is -4.65. The Bertz CT molecular complexity index is 550. The van der Waals surface area contributed by atoms with Crippen LogP contribution < -0.4 is 5.73 Å². The Kier molecular flexibility index (Phi) is 5.53. The molecule has 24 heavy (non-hydrogen) atoms. The molecular weight excluding hydrogens is 331 g/mol. The van der Waals surface area contributed by atoms with Gasteiger partial charge in [-0.05, 0) is 0 Å². The lowest BCUT2D eigenvalue weighted by atomic mass is 10.1. The molecule has 0 bridgehead atoms. The third-order valence-electron chi connectivity index (χ3n) is 3.83. The molecule has 2 aliphatic heterocycles. The molecule has 0 aliphatic carbocycles. The number of halogens is 3. The quantitative estimate of drug-likeness (QED) is 0.796. The summed E-state index contributed by atoms with van der Waals surface area (Å²) >= 11 is 0. The first-order valence-electron chi connectivity index (χ1n) is 7.05. The molecule has 0 aromatic rings. The van der Waals surface area contributed by atoms with Gasteiger partial charge < -0.3 is 29.6 Å². The number of hydrogen-bond acceptors (Lipinski definition) is 7. The summed E-state index contributed by atoms with van der Waals surface area (Å²) in [6.45, 7) is 3.83. The van der Waals surface area contributed by atoms with E-state index in [1.807, 2.05) is 0 Å². The predicted octanol–water partition coefficient (Wildman–Crippen LogP) is 0.978. The monoisotopic (exact) mass is 351 g/mol. The molecule has 0 amide bonds. The summed E-state index contributed by atoms with van der Waals surface area (Å²) in [5, 5.41) is 0.